The molecule has 0 radical (unpaired) electrons. The van der Waals surface area contributed by atoms with Gasteiger partial charge in [-0.2, -0.15) is 0 Å². The van der Waals surface area contributed by atoms with E-state index in [1.54, 1.807) is 0 Å². The Hall–Kier alpha value is -1.34. The fraction of sp³-hybridized carbons (Fsp3) is 0.400. The zero-order valence-corrected chi connectivity index (χ0v) is 8.83. The van der Waals surface area contributed by atoms with E-state index in [-0.39, 0.29) is 5.56 Å². The van der Waals surface area contributed by atoms with Gasteiger partial charge >= 0.3 is 6.36 Å². The Labute approximate surface area is 94.8 Å². The number of aliphatic hydroxyl groups is 1. The molecule has 3 N–H and O–H groups in total. The molecule has 1 aromatic carbocycles. The Morgan fingerprint density at radius 2 is 1.94 bits per heavy atom. The van der Waals surface area contributed by atoms with Crippen LogP contribution in [0.25, 0.3) is 0 Å². The molecule has 17 heavy (non-hydrogen) atoms. The summed E-state index contributed by atoms with van der Waals surface area (Å²) in [6.45, 7) is 1.40. The van der Waals surface area contributed by atoms with Gasteiger partial charge in [0.25, 0.3) is 0 Å². The maximum atomic E-state index is 13.3. The van der Waals surface area contributed by atoms with Gasteiger partial charge in [-0.3, -0.25) is 0 Å². The van der Waals surface area contributed by atoms with Crippen molar-refractivity contribution in [3.05, 3.63) is 29.6 Å². The summed E-state index contributed by atoms with van der Waals surface area (Å²) < 4.78 is 52.7. The Morgan fingerprint density at radius 3 is 2.41 bits per heavy atom. The lowest BCUT2D eigenvalue weighted by molar-refractivity contribution is -0.274. The molecule has 1 aromatic rings. The van der Waals surface area contributed by atoms with Crippen molar-refractivity contribution in [2.24, 2.45) is 5.73 Å². The summed E-state index contributed by atoms with van der Waals surface area (Å²) >= 11 is 0. The van der Waals surface area contributed by atoms with Gasteiger partial charge in [0.1, 0.15) is 11.6 Å². The van der Waals surface area contributed by atoms with E-state index < -0.39 is 30.1 Å². The second-order valence-electron chi connectivity index (χ2n) is 3.54. The van der Waals surface area contributed by atoms with Crippen molar-refractivity contribution in [3.8, 4) is 5.75 Å². The van der Waals surface area contributed by atoms with Crippen LogP contribution >= 0.6 is 0 Å². The summed E-state index contributed by atoms with van der Waals surface area (Å²) in [5.74, 6) is -1.45. The Kier molecular flexibility index (Phi) is 3.94. The molecule has 0 aliphatic heterocycles. The topological polar surface area (TPSA) is 55.5 Å². The lowest BCUT2D eigenvalue weighted by Crippen LogP contribution is -2.25. The normalized spacial score (nSPS) is 15.5. The van der Waals surface area contributed by atoms with Gasteiger partial charge in [-0.05, 0) is 25.1 Å². The van der Waals surface area contributed by atoms with Crippen molar-refractivity contribution in [1.29, 1.82) is 0 Å². The van der Waals surface area contributed by atoms with Gasteiger partial charge in [-0.25, -0.2) is 4.39 Å². The second-order valence-corrected chi connectivity index (χ2v) is 3.54. The molecule has 0 saturated carbocycles. The molecule has 0 aromatic heterocycles. The zero-order valence-electron chi connectivity index (χ0n) is 8.83. The van der Waals surface area contributed by atoms with E-state index in [2.05, 4.69) is 4.74 Å². The summed E-state index contributed by atoms with van der Waals surface area (Å²) in [6.07, 6.45) is -6.26. The molecule has 0 bridgehead atoms. The quantitative estimate of drug-likeness (QED) is 0.811. The highest BCUT2D eigenvalue weighted by atomic mass is 19.4. The molecule has 1 rings (SSSR count). The summed E-state index contributed by atoms with van der Waals surface area (Å²) in [6, 6.07) is 1.56. The highest BCUT2D eigenvalue weighted by Gasteiger charge is 2.31. The van der Waals surface area contributed by atoms with Gasteiger partial charge in [-0.15, -0.1) is 13.2 Å². The van der Waals surface area contributed by atoms with E-state index in [1.165, 1.54) is 6.92 Å². The average molecular weight is 253 g/mol. The van der Waals surface area contributed by atoms with Crippen LogP contribution in [0.5, 0.6) is 5.75 Å². The molecule has 3 nitrogen and oxygen atoms in total. The van der Waals surface area contributed by atoms with Crippen molar-refractivity contribution in [2.45, 2.75) is 25.4 Å². The number of hydrogen-bond acceptors (Lipinski definition) is 3. The SMILES string of the molecule is C[C@H](N)[C@H](O)c1cc(OC(F)(F)F)ccc1F. The highest BCUT2D eigenvalue weighted by Crippen LogP contribution is 2.28. The van der Waals surface area contributed by atoms with Crippen LogP contribution < -0.4 is 10.5 Å². The van der Waals surface area contributed by atoms with E-state index in [0.29, 0.717) is 0 Å². The molecule has 7 heteroatoms. The number of hydrogen-bond donors (Lipinski definition) is 2. The summed E-state index contributed by atoms with van der Waals surface area (Å²) in [7, 11) is 0. The molecule has 0 aliphatic rings. The minimum Gasteiger partial charge on any atom is -0.406 e. The molecular formula is C10H11F4NO2. The first-order valence-corrected chi connectivity index (χ1v) is 4.69. The molecule has 2 atom stereocenters. The molecule has 0 fully saturated rings. The van der Waals surface area contributed by atoms with Gasteiger partial charge < -0.3 is 15.6 Å². The average Bonchev–Trinajstić information content (AvgIpc) is 2.17. The van der Waals surface area contributed by atoms with Gasteiger partial charge in [0, 0.05) is 11.6 Å². The van der Waals surface area contributed by atoms with Crippen LogP contribution in [0, 0.1) is 5.82 Å². The fourth-order valence-electron chi connectivity index (χ4n) is 1.23. The first kappa shape index (κ1) is 13.7. The molecule has 0 aliphatic carbocycles. The third-order valence-electron chi connectivity index (χ3n) is 2.02. The molecule has 96 valence electrons. The molecule has 0 amide bonds. The lowest BCUT2D eigenvalue weighted by Gasteiger charge is -2.17. The maximum absolute atomic E-state index is 13.3. The number of rotatable bonds is 3. The highest BCUT2D eigenvalue weighted by molar-refractivity contribution is 5.32. The number of halogens is 4. The standard InChI is InChI=1S/C10H11F4NO2/c1-5(15)9(16)7-4-6(2-3-8(7)11)17-10(12,13)14/h2-5,9,16H,15H2,1H3/t5-,9-/m0/s1. The van der Waals surface area contributed by atoms with Gasteiger partial charge in [0.15, 0.2) is 0 Å². The zero-order chi connectivity index (χ0) is 13.2. The summed E-state index contributed by atoms with van der Waals surface area (Å²) in [5.41, 5.74) is 5.00. The van der Waals surface area contributed by atoms with Crippen LogP contribution in [0.3, 0.4) is 0 Å². The van der Waals surface area contributed by atoms with Crippen LogP contribution in [0.2, 0.25) is 0 Å². The molecule has 0 unspecified atom stereocenters. The third kappa shape index (κ3) is 3.86. The first-order chi connectivity index (χ1) is 7.70. The Morgan fingerprint density at radius 1 is 1.35 bits per heavy atom. The van der Waals surface area contributed by atoms with Crippen molar-refractivity contribution in [2.75, 3.05) is 0 Å². The van der Waals surface area contributed by atoms with Gasteiger partial charge in [-0.1, -0.05) is 0 Å². The third-order valence-corrected chi connectivity index (χ3v) is 2.02. The monoisotopic (exact) mass is 253 g/mol. The van der Waals surface area contributed by atoms with Crippen LogP contribution in [-0.2, 0) is 0 Å². The van der Waals surface area contributed by atoms with Crippen LogP contribution in [0.15, 0.2) is 18.2 Å². The Balaban J connectivity index is 3.02. The van der Waals surface area contributed by atoms with Crippen molar-refractivity contribution in [1.82, 2.24) is 0 Å². The second kappa shape index (κ2) is 4.89. The van der Waals surface area contributed by atoms with E-state index in [1.807, 2.05) is 0 Å². The minimum absolute atomic E-state index is 0.332. The molecule has 0 saturated heterocycles. The molecular weight excluding hydrogens is 242 g/mol. The Bertz CT molecular complexity index is 392. The largest absolute Gasteiger partial charge is 0.573 e. The molecule has 0 heterocycles. The van der Waals surface area contributed by atoms with Gasteiger partial charge in [0.05, 0.1) is 6.10 Å². The van der Waals surface area contributed by atoms with E-state index >= 15 is 0 Å². The van der Waals surface area contributed by atoms with E-state index in [4.69, 9.17) is 5.73 Å². The summed E-state index contributed by atoms with van der Waals surface area (Å²) in [4.78, 5) is 0. The number of aliphatic hydroxyl groups excluding tert-OH is 1. The number of alkyl halides is 3. The van der Waals surface area contributed by atoms with E-state index in [0.717, 1.165) is 18.2 Å². The lowest BCUT2D eigenvalue weighted by atomic mass is 10.0. The van der Waals surface area contributed by atoms with Crippen molar-refractivity contribution < 1.29 is 27.4 Å². The molecule has 0 spiro atoms. The smallest absolute Gasteiger partial charge is 0.406 e. The summed E-state index contributed by atoms with van der Waals surface area (Å²) in [5, 5.41) is 9.50. The van der Waals surface area contributed by atoms with Crippen LogP contribution in [0.1, 0.15) is 18.6 Å². The number of nitrogens with two attached hydrogens (primary N) is 1. The van der Waals surface area contributed by atoms with E-state index in [9.17, 15) is 22.7 Å². The predicted molar refractivity (Wildman–Crippen MR) is 51.7 cm³/mol. The fourth-order valence-corrected chi connectivity index (χ4v) is 1.23. The van der Waals surface area contributed by atoms with Crippen LogP contribution in [-0.4, -0.2) is 17.5 Å². The first-order valence-electron chi connectivity index (χ1n) is 4.69. The van der Waals surface area contributed by atoms with Crippen molar-refractivity contribution in [3.63, 3.8) is 0 Å². The predicted octanol–water partition coefficient (Wildman–Crippen LogP) is 2.10. The van der Waals surface area contributed by atoms with Crippen LogP contribution in [0.4, 0.5) is 17.6 Å². The van der Waals surface area contributed by atoms with Crippen molar-refractivity contribution >= 4 is 0 Å². The minimum atomic E-state index is -4.87. The van der Waals surface area contributed by atoms with Gasteiger partial charge in [0.2, 0.25) is 0 Å². The number of benzene rings is 1. The maximum Gasteiger partial charge on any atom is 0.573 e. The number of ether oxygens (including phenoxy) is 1.